The van der Waals surface area contributed by atoms with Crippen LogP contribution in [0, 0.1) is 11.7 Å². The summed E-state index contributed by atoms with van der Waals surface area (Å²) in [5.74, 6) is 1.09. The van der Waals surface area contributed by atoms with Gasteiger partial charge in [-0.2, -0.15) is 0 Å². The van der Waals surface area contributed by atoms with Crippen molar-refractivity contribution in [3.63, 3.8) is 0 Å². The zero-order chi connectivity index (χ0) is 15.9. The van der Waals surface area contributed by atoms with Gasteiger partial charge in [-0.15, -0.1) is 12.4 Å². The number of nitrogens with zero attached hydrogens (tertiary/aromatic N) is 6. The predicted molar refractivity (Wildman–Crippen MR) is 92.7 cm³/mol. The molecule has 4 rings (SSSR count). The molecule has 24 heavy (non-hydrogen) atoms. The van der Waals surface area contributed by atoms with Gasteiger partial charge in [0.2, 0.25) is 5.95 Å². The first-order chi connectivity index (χ1) is 11.2. The molecule has 0 spiro atoms. The van der Waals surface area contributed by atoms with Gasteiger partial charge in [0, 0.05) is 30.6 Å². The highest BCUT2D eigenvalue weighted by atomic mass is 35.5. The van der Waals surface area contributed by atoms with E-state index >= 15 is 0 Å². The van der Waals surface area contributed by atoms with E-state index in [1.54, 1.807) is 18.6 Å². The largest absolute Gasteiger partial charge is 0.379 e. The molecule has 126 valence electrons. The Morgan fingerprint density at radius 1 is 1.21 bits per heavy atom. The first-order valence-electron chi connectivity index (χ1n) is 7.14. The number of hydrogen-bond donors (Lipinski definition) is 1. The summed E-state index contributed by atoms with van der Waals surface area (Å²) in [6.45, 7) is 1.26. The number of amidine groups is 1. The fourth-order valence-electron chi connectivity index (χ4n) is 3.12. The summed E-state index contributed by atoms with van der Waals surface area (Å²) in [5, 5.41) is 0.550. The van der Waals surface area contributed by atoms with Crippen LogP contribution in [0.5, 0.6) is 0 Å². The molecule has 0 aliphatic carbocycles. The number of hydrogen-bond acceptors (Lipinski definition) is 8. The third kappa shape index (κ3) is 2.78. The van der Waals surface area contributed by atoms with Gasteiger partial charge in [0.1, 0.15) is 5.54 Å². The van der Waals surface area contributed by atoms with E-state index in [1.165, 1.54) is 24.2 Å². The maximum atomic E-state index is 13.1. The lowest BCUT2D eigenvalue weighted by atomic mass is 9.86. The molecule has 4 heterocycles. The van der Waals surface area contributed by atoms with Crippen LogP contribution in [0.25, 0.3) is 0 Å². The molecule has 0 radical (unpaired) electrons. The smallest absolute Gasteiger partial charge is 0.225 e. The van der Waals surface area contributed by atoms with Crippen LogP contribution in [0.1, 0.15) is 5.69 Å². The van der Waals surface area contributed by atoms with E-state index in [2.05, 4.69) is 19.9 Å². The Kier molecular flexibility index (Phi) is 4.55. The van der Waals surface area contributed by atoms with Crippen LogP contribution >= 0.6 is 24.2 Å². The van der Waals surface area contributed by atoms with E-state index in [-0.39, 0.29) is 18.3 Å². The number of aliphatic imine (C=N–C) groups is 1. The third-order valence-electron chi connectivity index (χ3n) is 4.19. The Morgan fingerprint density at radius 3 is 2.71 bits per heavy atom. The van der Waals surface area contributed by atoms with Crippen molar-refractivity contribution in [3.05, 3.63) is 42.5 Å². The second-order valence-electron chi connectivity index (χ2n) is 5.55. The van der Waals surface area contributed by atoms with Crippen LogP contribution in [0.3, 0.4) is 0 Å². The maximum Gasteiger partial charge on any atom is 0.225 e. The molecule has 0 bridgehead atoms. The van der Waals surface area contributed by atoms with E-state index < -0.39 is 11.4 Å². The topological polar surface area (TPSA) is 93.2 Å². The van der Waals surface area contributed by atoms with Gasteiger partial charge in [-0.05, 0) is 0 Å². The summed E-state index contributed by atoms with van der Waals surface area (Å²) < 4.78 is 13.1. The Labute approximate surface area is 148 Å². The molecule has 2 N–H and O–H groups in total. The molecule has 0 aromatic carbocycles. The van der Waals surface area contributed by atoms with Crippen LogP contribution in [0.2, 0.25) is 0 Å². The molecule has 2 aromatic rings. The zero-order valence-corrected chi connectivity index (χ0v) is 14.2. The second-order valence-corrected chi connectivity index (χ2v) is 6.59. The Hall–Kier alpha value is -2.00. The Balaban J connectivity index is 0.00000169. The lowest BCUT2D eigenvalue weighted by molar-refractivity contribution is 0.375. The van der Waals surface area contributed by atoms with Gasteiger partial charge in [-0.1, -0.05) is 11.8 Å². The van der Waals surface area contributed by atoms with E-state index in [0.29, 0.717) is 24.2 Å². The molecule has 10 heteroatoms. The van der Waals surface area contributed by atoms with Crippen LogP contribution in [-0.4, -0.2) is 43.9 Å². The number of fused-ring (bicyclic) bond motifs is 1. The summed E-state index contributed by atoms with van der Waals surface area (Å²) in [6, 6.07) is 0. The molecule has 0 unspecified atom stereocenters. The highest BCUT2D eigenvalue weighted by Crippen LogP contribution is 2.44. The number of thioether (sulfide) groups is 1. The monoisotopic (exact) mass is 367 g/mol. The van der Waals surface area contributed by atoms with Gasteiger partial charge in [0.25, 0.3) is 0 Å². The van der Waals surface area contributed by atoms with Crippen molar-refractivity contribution in [2.24, 2.45) is 16.6 Å². The van der Waals surface area contributed by atoms with E-state index in [4.69, 9.17) is 10.7 Å². The molecule has 7 nitrogen and oxygen atoms in total. The quantitative estimate of drug-likeness (QED) is 0.852. The number of rotatable bonds is 2. The van der Waals surface area contributed by atoms with Gasteiger partial charge in [-0.3, -0.25) is 9.97 Å². The molecule has 0 amide bonds. The number of nitrogens with two attached hydrogens (primary N) is 1. The molecule has 1 saturated heterocycles. The van der Waals surface area contributed by atoms with Crippen LogP contribution in [0.15, 0.2) is 36.0 Å². The van der Waals surface area contributed by atoms with Gasteiger partial charge >= 0.3 is 0 Å². The van der Waals surface area contributed by atoms with E-state index in [0.717, 1.165) is 11.4 Å². The first-order valence-corrected chi connectivity index (χ1v) is 8.13. The van der Waals surface area contributed by atoms with Gasteiger partial charge in [0.15, 0.2) is 11.0 Å². The Bertz CT molecular complexity index is 745. The average Bonchev–Trinajstić information content (AvgIpc) is 2.96. The lowest BCUT2D eigenvalue weighted by Gasteiger charge is -2.33. The fraction of sp³-hybridized carbons (Fsp3) is 0.357. The molecular weight excluding hydrogens is 353 g/mol. The molecular formula is C14H15ClFN7S. The normalized spacial score (nSPS) is 25.6. The van der Waals surface area contributed by atoms with Crippen molar-refractivity contribution >= 4 is 35.3 Å². The van der Waals surface area contributed by atoms with Gasteiger partial charge < -0.3 is 10.6 Å². The molecule has 1 fully saturated rings. The molecule has 2 aliphatic heterocycles. The predicted octanol–water partition coefficient (Wildman–Crippen LogP) is 1.22. The Morgan fingerprint density at radius 2 is 2.00 bits per heavy atom. The first kappa shape index (κ1) is 16.8. The van der Waals surface area contributed by atoms with Crippen molar-refractivity contribution in [2.45, 2.75) is 5.54 Å². The molecule has 2 aromatic heterocycles. The van der Waals surface area contributed by atoms with Crippen molar-refractivity contribution in [1.82, 2.24) is 19.9 Å². The number of anilines is 1. The number of halogens is 2. The zero-order valence-electron chi connectivity index (χ0n) is 12.5. The van der Waals surface area contributed by atoms with Crippen molar-refractivity contribution in [2.75, 3.05) is 23.7 Å². The molecule has 2 aliphatic rings. The molecule has 2 atom stereocenters. The van der Waals surface area contributed by atoms with Crippen LogP contribution < -0.4 is 10.6 Å². The standard InChI is InChI=1S/C14H14FN7S.ClH/c15-10-3-19-13(20-4-10)22-6-9-7-23-12(16)21-14(9,8-22)11-5-17-1-2-18-11;/h1-5,9H,6-8H2,(H2,16,21);1H/t9-,14-;/m0./s1. The SMILES string of the molecule is Cl.NC1=N[C@@]2(c3cnccn3)CN(c3ncc(F)cn3)C[C@H]2CS1. The fourth-order valence-corrected chi connectivity index (χ4v) is 4.11. The summed E-state index contributed by atoms with van der Waals surface area (Å²) in [7, 11) is 0. The van der Waals surface area contributed by atoms with Gasteiger partial charge in [0.05, 0.1) is 30.8 Å². The van der Waals surface area contributed by atoms with Crippen LogP contribution in [-0.2, 0) is 5.54 Å². The van der Waals surface area contributed by atoms with Crippen molar-refractivity contribution < 1.29 is 4.39 Å². The number of aromatic nitrogens is 4. The summed E-state index contributed by atoms with van der Waals surface area (Å²) in [5.41, 5.74) is 6.22. The van der Waals surface area contributed by atoms with Gasteiger partial charge in [-0.25, -0.2) is 19.4 Å². The average molecular weight is 368 g/mol. The molecule has 0 saturated carbocycles. The second kappa shape index (κ2) is 6.48. The minimum absolute atomic E-state index is 0. The summed E-state index contributed by atoms with van der Waals surface area (Å²) >= 11 is 1.54. The van der Waals surface area contributed by atoms with E-state index in [9.17, 15) is 4.39 Å². The van der Waals surface area contributed by atoms with Crippen LogP contribution in [0.4, 0.5) is 10.3 Å². The van der Waals surface area contributed by atoms with Crippen molar-refractivity contribution in [3.8, 4) is 0 Å². The van der Waals surface area contributed by atoms with E-state index in [1.807, 2.05) is 4.90 Å². The minimum atomic E-state index is -0.554. The third-order valence-corrected chi connectivity index (χ3v) is 5.14. The van der Waals surface area contributed by atoms with Crippen molar-refractivity contribution in [1.29, 1.82) is 0 Å². The highest BCUT2D eigenvalue weighted by molar-refractivity contribution is 8.13. The maximum absolute atomic E-state index is 13.1. The highest BCUT2D eigenvalue weighted by Gasteiger charge is 2.51. The minimum Gasteiger partial charge on any atom is -0.379 e. The summed E-state index contributed by atoms with van der Waals surface area (Å²) in [4.78, 5) is 23.5. The lowest BCUT2D eigenvalue weighted by Crippen LogP contribution is -2.40. The summed E-state index contributed by atoms with van der Waals surface area (Å²) in [6.07, 6.45) is 7.37.